The minimum absolute atomic E-state index is 0.0244. The predicted octanol–water partition coefficient (Wildman–Crippen LogP) is 27.2. The van der Waals surface area contributed by atoms with E-state index >= 15 is 0 Å². The fourth-order valence-corrected chi connectivity index (χ4v) is 14.2. The molecule has 0 aromatic heterocycles. The Kier molecular flexibility index (Phi) is 40.9. The van der Waals surface area contributed by atoms with Crippen molar-refractivity contribution in [3.8, 4) is 0 Å². The normalized spacial score (nSPS) is 13.0. The molecule has 0 fully saturated rings. The van der Waals surface area contributed by atoms with E-state index in [-0.39, 0.29) is 21.7 Å². The SMILES string of the molecule is CCCCCCCCCCCCCC(C)C(CCCCCCCCCCCCC)(CCCCCCCCCCCCC)C(CCCCCCCCCCCCC)(c1cc(C(C)(C)C)[c]cc1C)c1cc(C(C)(C)C)[c]cc1C. The first-order chi connectivity index (χ1) is 37.7. The van der Waals surface area contributed by atoms with Crippen molar-refractivity contribution in [1.82, 2.24) is 0 Å². The van der Waals surface area contributed by atoms with Crippen molar-refractivity contribution in [3.63, 3.8) is 0 Å². The van der Waals surface area contributed by atoms with Crippen LogP contribution in [0.1, 0.15) is 418 Å². The molecule has 0 saturated heterocycles. The van der Waals surface area contributed by atoms with Crippen LogP contribution in [0.2, 0.25) is 0 Å². The molecule has 0 aliphatic rings. The molecule has 2 rings (SSSR count). The smallest absolute Gasteiger partial charge is 0.0267 e. The van der Waals surface area contributed by atoms with E-state index in [0.717, 1.165) is 0 Å². The molecule has 2 radical (unpaired) electrons. The Morgan fingerprint density at radius 1 is 0.321 bits per heavy atom. The Labute approximate surface area is 493 Å². The van der Waals surface area contributed by atoms with Gasteiger partial charge >= 0.3 is 0 Å². The van der Waals surface area contributed by atoms with Gasteiger partial charge in [-0.1, -0.05) is 389 Å². The van der Waals surface area contributed by atoms with Gasteiger partial charge in [-0.15, -0.1) is 0 Å². The summed E-state index contributed by atoms with van der Waals surface area (Å²) < 4.78 is 0. The third-order valence-electron chi connectivity index (χ3n) is 19.5. The molecule has 0 amide bonds. The highest BCUT2D eigenvalue weighted by molar-refractivity contribution is 5.52. The van der Waals surface area contributed by atoms with Crippen LogP contribution in [0, 0.1) is 37.3 Å². The minimum Gasteiger partial charge on any atom is -0.0654 e. The predicted molar refractivity (Wildman–Crippen MR) is 354 cm³/mol. The van der Waals surface area contributed by atoms with Crippen LogP contribution >= 0.6 is 0 Å². The van der Waals surface area contributed by atoms with Gasteiger partial charge in [0.15, 0.2) is 0 Å². The van der Waals surface area contributed by atoms with Crippen LogP contribution in [0.4, 0.5) is 0 Å². The van der Waals surface area contributed by atoms with Gasteiger partial charge < -0.3 is 0 Å². The number of unbranched alkanes of at least 4 members (excludes halogenated alkanes) is 40. The van der Waals surface area contributed by atoms with Gasteiger partial charge in [-0.3, -0.25) is 0 Å². The molecule has 78 heavy (non-hydrogen) atoms. The lowest BCUT2D eigenvalue weighted by atomic mass is 9.46. The second kappa shape index (κ2) is 44.0. The second-order valence-electron chi connectivity index (χ2n) is 28.5. The average Bonchev–Trinajstić information content (AvgIpc) is 3.60. The van der Waals surface area contributed by atoms with Crippen molar-refractivity contribution in [1.29, 1.82) is 0 Å². The van der Waals surface area contributed by atoms with E-state index in [1.807, 2.05) is 0 Å². The minimum atomic E-state index is -0.112. The zero-order valence-corrected chi connectivity index (χ0v) is 55.8. The molecular weight excluding hydrogens is 937 g/mol. The number of hydrogen-bond acceptors (Lipinski definition) is 0. The summed E-state index contributed by atoms with van der Waals surface area (Å²) in [5.41, 5.74) is 9.18. The molecule has 0 aliphatic carbocycles. The monoisotopic (exact) mass is 1080 g/mol. The van der Waals surface area contributed by atoms with E-state index in [2.05, 4.69) is 126 Å². The molecule has 452 valence electrons. The Morgan fingerprint density at radius 2 is 0.551 bits per heavy atom. The van der Waals surface area contributed by atoms with Crippen molar-refractivity contribution in [2.45, 2.75) is 414 Å². The van der Waals surface area contributed by atoms with Gasteiger partial charge in [0.25, 0.3) is 0 Å². The zero-order chi connectivity index (χ0) is 57.2. The molecule has 0 aliphatic heterocycles. The van der Waals surface area contributed by atoms with Crippen molar-refractivity contribution in [2.75, 3.05) is 0 Å². The van der Waals surface area contributed by atoms with Crippen LogP contribution in [0.5, 0.6) is 0 Å². The van der Waals surface area contributed by atoms with Crippen LogP contribution in [-0.4, -0.2) is 0 Å². The summed E-state index contributed by atoms with van der Waals surface area (Å²) in [6.07, 6.45) is 67.3. The Balaban J connectivity index is 2.85. The molecule has 0 saturated carbocycles. The summed E-state index contributed by atoms with van der Waals surface area (Å²) in [5.74, 6) is 0.623. The maximum absolute atomic E-state index is 3.93. The second-order valence-corrected chi connectivity index (χ2v) is 28.5. The van der Waals surface area contributed by atoms with E-state index in [4.69, 9.17) is 0 Å². The van der Waals surface area contributed by atoms with Crippen molar-refractivity contribution < 1.29 is 0 Å². The van der Waals surface area contributed by atoms with Gasteiger partial charge in [-0.2, -0.15) is 0 Å². The number of benzene rings is 2. The summed E-state index contributed by atoms with van der Waals surface area (Å²) in [6, 6.07) is 18.3. The molecular formula is C78H140. The lowest BCUT2D eigenvalue weighted by molar-refractivity contribution is 0.0272. The molecule has 0 spiro atoms. The molecule has 2 aromatic carbocycles. The van der Waals surface area contributed by atoms with Crippen LogP contribution in [-0.2, 0) is 16.2 Å². The van der Waals surface area contributed by atoms with Crippen LogP contribution < -0.4 is 0 Å². The standard InChI is InChI=1S/C78H140/c1-14-18-22-26-30-34-38-42-46-50-54-58-70(7)77(63-55-51-47-43-39-35-31-27-23-19-15-2,64-56-52-48-44-40-36-32-28-24-20-16-3)78(73-66-71(75(8,9)10)61-59-68(73)5,74-67-72(76(11,12)13)62-60-69(74)6)65-57-53-49-45-41-37-33-29-25-21-17-4/h59-60,66-67,70H,14-58,63-65H2,1-13H3. The lowest BCUT2D eigenvalue weighted by Gasteiger charge is -2.57. The highest BCUT2D eigenvalue weighted by atomic mass is 14.6. The molecule has 2 aromatic rings. The molecule has 1 atom stereocenters. The first-order valence-electron chi connectivity index (χ1n) is 35.7. The number of aryl methyl sites for hydroxylation is 2. The van der Waals surface area contributed by atoms with Gasteiger partial charge in [0, 0.05) is 5.41 Å². The van der Waals surface area contributed by atoms with Crippen LogP contribution in [0.25, 0.3) is 0 Å². The van der Waals surface area contributed by atoms with Gasteiger partial charge in [-0.05, 0) is 101 Å². The van der Waals surface area contributed by atoms with Crippen molar-refractivity contribution in [3.05, 3.63) is 69.8 Å². The first-order valence-corrected chi connectivity index (χ1v) is 35.7. The van der Waals surface area contributed by atoms with Crippen LogP contribution in [0.3, 0.4) is 0 Å². The van der Waals surface area contributed by atoms with Gasteiger partial charge in [0.05, 0.1) is 0 Å². The topological polar surface area (TPSA) is 0 Å². The van der Waals surface area contributed by atoms with Crippen molar-refractivity contribution >= 4 is 0 Å². The summed E-state index contributed by atoms with van der Waals surface area (Å²) in [4.78, 5) is 0. The summed E-state index contributed by atoms with van der Waals surface area (Å²) >= 11 is 0. The van der Waals surface area contributed by atoms with E-state index < -0.39 is 0 Å². The van der Waals surface area contributed by atoms with Gasteiger partial charge in [-0.25, -0.2) is 0 Å². The summed E-state index contributed by atoms with van der Waals surface area (Å²) in [7, 11) is 0. The Hall–Kier alpha value is -1.56. The third kappa shape index (κ3) is 28.6. The summed E-state index contributed by atoms with van der Waals surface area (Å²) in [5, 5.41) is 0. The van der Waals surface area contributed by atoms with Crippen molar-refractivity contribution in [2.24, 2.45) is 11.3 Å². The van der Waals surface area contributed by atoms with E-state index in [9.17, 15) is 0 Å². The number of hydrogen-bond donors (Lipinski definition) is 0. The Morgan fingerprint density at radius 3 is 0.808 bits per heavy atom. The quantitative estimate of drug-likeness (QED) is 0.0579. The fraction of sp³-hybridized carbons (Fsp3) is 0.846. The fourth-order valence-electron chi connectivity index (χ4n) is 14.2. The largest absolute Gasteiger partial charge is 0.0654 e. The average molecular weight is 1080 g/mol. The summed E-state index contributed by atoms with van der Waals surface area (Å²) in [6.45, 7) is 31.9. The molecule has 0 bridgehead atoms. The molecule has 1 unspecified atom stereocenters. The lowest BCUT2D eigenvalue weighted by Crippen LogP contribution is -2.52. The van der Waals surface area contributed by atoms with E-state index in [0.29, 0.717) is 5.92 Å². The van der Waals surface area contributed by atoms with E-state index in [1.54, 1.807) is 11.1 Å². The molecule has 0 N–H and O–H groups in total. The first kappa shape index (κ1) is 72.5. The van der Waals surface area contributed by atoms with E-state index in [1.165, 1.54) is 330 Å². The number of rotatable bonds is 52. The maximum Gasteiger partial charge on any atom is 0.0267 e. The third-order valence-corrected chi connectivity index (χ3v) is 19.5. The molecule has 0 nitrogen and oxygen atoms in total. The molecule has 0 heterocycles. The zero-order valence-electron chi connectivity index (χ0n) is 55.8. The maximum atomic E-state index is 3.93. The highest BCUT2D eigenvalue weighted by Crippen LogP contribution is 2.62. The Bertz CT molecular complexity index is 1580. The van der Waals surface area contributed by atoms with Gasteiger partial charge in [0.1, 0.15) is 0 Å². The van der Waals surface area contributed by atoms with Gasteiger partial charge in [0.2, 0.25) is 0 Å². The highest BCUT2D eigenvalue weighted by Gasteiger charge is 2.55. The molecule has 0 heteroatoms. The van der Waals surface area contributed by atoms with Crippen LogP contribution in [0.15, 0.2) is 24.3 Å².